The molecule has 2 aromatic rings. The number of primary amides is 1. The summed E-state index contributed by atoms with van der Waals surface area (Å²) in [6, 6.07) is 10.4. The molecule has 0 atom stereocenters. The molecule has 0 saturated heterocycles. The number of amides is 1. The van der Waals surface area contributed by atoms with E-state index in [1.54, 1.807) is 25.1 Å². The Labute approximate surface area is 119 Å². The van der Waals surface area contributed by atoms with Crippen molar-refractivity contribution in [3.8, 4) is 16.9 Å². The van der Waals surface area contributed by atoms with Crippen molar-refractivity contribution in [1.82, 2.24) is 0 Å². The van der Waals surface area contributed by atoms with Crippen molar-refractivity contribution in [2.24, 2.45) is 5.73 Å². The summed E-state index contributed by atoms with van der Waals surface area (Å²) in [5.41, 5.74) is 6.58. The van der Waals surface area contributed by atoms with Crippen LogP contribution in [0.2, 0.25) is 0 Å². The molecule has 0 saturated carbocycles. The molecule has 0 aromatic heterocycles. The van der Waals surface area contributed by atoms with E-state index in [9.17, 15) is 18.0 Å². The van der Waals surface area contributed by atoms with Gasteiger partial charge in [0.2, 0.25) is 5.91 Å². The van der Waals surface area contributed by atoms with Crippen molar-refractivity contribution >= 4 is 5.91 Å². The van der Waals surface area contributed by atoms with Gasteiger partial charge in [0.1, 0.15) is 5.75 Å². The van der Waals surface area contributed by atoms with Gasteiger partial charge in [0.15, 0.2) is 0 Å². The third-order valence-corrected chi connectivity index (χ3v) is 2.92. The Bertz CT molecular complexity index is 681. The first kappa shape index (κ1) is 14.9. The standard InChI is InChI=1S/C15H12F3NO2/c1-9-5-4-7-11(14(19)20)13(9)10-6-2-3-8-12(10)21-15(16,17)18/h2-8H,1H3,(H2,19,20). The molecule has 0 radical (unpaired) electrons. The second-order valence-corrected chi connectivity index (χ2v) is 4.41. The van der Waals surface area contributed by atoms with Gasteiger partial charge < -0.3 is 10.5 Å². The lowest BCUT2D eigenvalue weighted by Gasteiger charge is -2.16. The zero-order valence-corrected chi connectivity index (χ0v) is 11.1. The minimum atomic E-state index is -4.81. The number of carbonyl (C=O) groups is 1. The van der Waals surface area contributed by atoms with Gasteiger partial charge in [-0.15, -0.1) is 13.2 Å². The molecular formula is C15H12F3NO2. The molecule has 21 heavy (non-hydrogen) atoms. The molecular weight excluding hydrogens is 283 g/mol. The first-order valence-corrected chi connectivity index (χ1v) is 6.04. The number of para-hydroxylation sites is 1. The molecule has 0 aliphatic rings. The Morgan fingerprint density at radius 3 is 2.38 bits per heavy atom. The van der Waals surface area contributed by atoms with Crippen LogP contribution in [0.4, 0.5) is 13.2 Å². The number of alkyl halides is 3. The number of hydrogen-bond acceptors (Lipinski definition) is 2. The van der Waals surface area contributed by atoms with Gasteiger partial charge >= 0.3 is 6.36 Å². The summed E-state index contributed by atoms with van der Waals surface area (Å²) in [4.78, 5) is 11.5. The van der Waals surface area contributed by atoms with Crippen molar-refractivity contribution in [3.05, 3.63) is 53.6 Å². The van der Waals surface area contributed by atoms with Crippen molar-refractivity contribution in [1.29, 1.82) is 0 Å². The number of ether oxygens (including phenoxy) is 1. The van der Waals surface area contributed by atoms with Gasteiger partial charge in [0.25, 0.3) is 0 Å². The van der Waals surface area contributed by atoms with Crippen LogP contribution >= 0.6 is 0 Å². The number of carbonyl (C=O) groups excluding carboxylic acids is 1. The molecule has 0 aliphatic heterocycles. The van der Waals surface area contributed by atoms with Crippen LogP contribution in [0.15, 0.2) is 42.5 Å². The lowest BCUT2D eigenvalue weighted by atomic mass is 9.94. The largest absolute Gasteiger partial charge is 0.573 e. The molecule has 6 heteroatoms. The molecule has 0 heterocycles. The number of nitrogens with two attached hydrogens (primary N) is 1. The maximum Gasteiger partial charge on any atom is 0.573 e. The van der Waals surface area contributed by atoms with E-state index in [2.05, 4.69) is 4.74 Å². The van der Waals surface area contributed by atoms with Gasteiger partial charge in [-0.05, 0) is 24.6 Å². The smallest absolute Gasteiger partial charge is 0.405 e. The number of rotatable bonds is 3. The Kier molecular flexibility index (Phi) is 3.88. The first-order chi connectivity index (χ1) is 9.79. The fourth-order valence-corrected chi connectivity index (χ4v) is 2.12. The van der Waals surface area contributed by atoms with Crippen LogP contribution in [-0.4, -0.2) is 12.3 Å². The molecule has 2 aromatic carbocycles. The summed E-state index contributed by atoms with van der Waals surface area (Å²) < 4.78 is 41.5. The highest BCUT2D eigenvalue weighted by Crippen LogP contribution is 2.37. The number of aryl methyl sites for hydroxylation is 1. The summed E-state index contributed by atoms with van der Waals surface area (Å²) in [5.74, 6) is -1.09. The maximum atomic E-state index is 12.5. The SMILES string of the molecule is Cc1cccc(C(N)=O)c1-c1ccccc1OC(F)(F)F. The monoisotopic (exact) mass is 295 g/mol. The highest BCUT2D eigenvalue weighted by molar-refractivity contribution is 6.01. The molecule has 0 bridgehead atoms. The average Bonchev–Trinajstić information content (AvgIpc) is 2.37. The summed E-state index contributed by atoms with van der Waals surface area (Å²) in [7, 11) is 0. The predicted molar refractivity (Wildman–Crippen MR) is 71.8 cm³/mol. The van der Waals surface area contributed by atoms with Crippen LogP contribution in [0.25, 0.3) is 11.1 Å². The minimum absolute atomic E-state index is 0.147. The number of hydrogen-bond donors (Lipinski definition) is 1. The Hall–Kier alpha value is -2.50. The molecule has 0 fully saturated rings. The predicted octanol–water partition coefficient (Wildman–Crippen LogP) is 3.66. The van der Waals surface area contributed by atoms with E-state index in [-0.39, 0.29) is 16.9 Å². The zero-order valence-electron chi connectivity index (χ0n) is 11.1. The van der Waals surface area contributed by atoms with E-state index in [1.165, 1.54) is 24.3 Å². The summed E-state index contributed by atoms with van der Waals surface area (Å²) in [6.07, 6.45) is -4.81. The van der Waals surface area contributed by atoms with Gasteiger partial charge in [-0.1, -0.05) is 30.3 Å². The van der Waals surface area contributed by atoms with E-state index >= 15 is 0 Å². The van der Waals surface area contributed by atoms with Crippen LogP contribution in [0.3, 0.4) is 0 Å². The fourth-order valence-electron chi connectivity index (χ4n) is 2.12. The van der Waals surface area contributed by atoms with Crippen molar-refractivity contribution in [2.45, 2.75) is 13.3 Å². The molecule has 2 N–H and O–H groups in total. The van der Waals surface area contributed by atoms with Gasteiger partial charge in [0, 0.05) is 16.7 Å². The lowest BCUT2D eigenvalue weighted by Crippen LogP contribution is -2.18. The lowest BCUT2D eigenvalue weighted by molar-refractivity contribution is -0.274. The maximum absolute atomic E-state index is 12.5. The van der Waals surface area contributed by atoms with E-state index < -0.39 is 12.3 Å². The molecule has 110 valence electrons. The van der Waals surface area contributed by atoms with Gasteiger partial charge in [-0.2, -0.15) is 0 Å². The van der Waals surface area contributed by atoms with Gasteiger partial charge in [-0.25, -0.2) is 0 Å². The van der Waals surface area contributed by atoms with Gasteiger partial charge in [-0.3, -0.25) is 4.79 Å². The first-order valence-electron chi connectivity index (χ1n) is 6.04. The minimum Gasteiger partial charge on any atom is -0.405 e. The van der Waals surface area contributed by atoms with Gasteiger partial charge in [0.05, 0.1) is 0 Å². The highest BCUT2D eigenvalue weighted by Gasteiger charge is 2.32. The molecule has 0 aliphatic carbocycles. The third kappa shape index (κ3) is 3.34. The normalized spacial score (nSPS) is 11.2. The Balaban J connectivity index is 2.66. The quantitative estimate of drug-likeness (QED) is 0.939. The second-order valence-electron chi connectivity index (χ2n) is 4.41. The van der Waals surface area contributed by atoms with Crippen LogP contribution in [0.1, 0.15) is 15.9 Å². The summed E-state index contributed by atoms with van der Waals surface area (Å²) in [6.45, 7) is 1.69. The van der Waals surface area contributed by atoms with E-state index in [1.807, 2.05) is 0 Å². The third-order valence-electron chi connectivity index (χ3n) is 2.92. The van der Waals surface area contributed by atoms with Crippen molar-refractivity contribution in [3.63, 3.8) is 0 Å². The second kappa shape index (κ2) is 5.47. The molecule has 0 unspecified atom stereocenters. The average molecular weight is 295 g/mol. The van der Waals surface area contributed by atoms with E-state index in [4.69, 9.17) is 5.73 Å². The van der Waals surface area contributed by atoms with Crippen LogP contribution in [0, 0.1) is 6.92 Å². The highest BCUT2D eigenvalue weighted by atomic mass is 19.4. The molecule has 2 rings (SSSR count). The Morgan fingerprint density at radius 2 is 1.76 bits per heavy atom. The van der Waals surface area contributed by atoms with E-state index in [0.717, 1.165) is 0 Å². The fraction of sp³-hybridized carbons (Fsp3) is 0.133. The van der Waals surface area contributed by atoms with E-state index in [0.29, 0.717) is 11.1 Å². The topological polar surface area (TPSA) is 52.3 Å². The molecule has 1 amide bonds. The van der Waals surface area contributed by atoms with Crippen LogP contribution in [-0.2, 0) is 0 Å². The van der Waals surface area contributed by atoms with Crippen LogP contribution < -0.4 is 10.5 Å². The van der Waals surface area contributed by atoms with Crippen molar-refractivity contribution < 1.29 is 22.7 Å². The number of benzene rings is 2. The molecule has 3 nitrogen and oxygen atoms in total. The molecule has 0 spiro atoms. The summed E-state index contributed by atoms with van der Waals surface area (Å²) in [5, 5.41) is 0. The zero-order chi connectivity index (χ0) is 15.6. The van der Waals surface area contributed by atoms with Crippen LogP contribution in [0.5, 0.6) is 5.75 Å². The Morgan fingerprint density at radius 1 is 1.10 bits per heavy atom. The summed E-state index contributed by atoms with van der Waals surface area (Å²) >= 11 is 0. The number of halogens is 3. The van der Waals surface area contributed by atoms with Crippen molar-refractivity contribution in [2.75, 3.05) is 0 Å².